The van der Waals surface area contributed by atoms with Gasteiger partial charge in [0, 0.05) is 23.6 Å². The van der Waals surface area contributed by atoms with Crippen LogP contribution in [0.3, 0.4) is 0 Å². The molecule has 2 aromatic rings. The number of anilines is 3. The van der Waals surface area contributed by atoms with Gasteiger partial charge in [0.25, 0.3) is 0 Å². The van der Waals surface area contributed by atoms with Gasteiger partial charge in [-0.2, -0.15) is 13.2 Å². The zero-order valence-corrected chi connectivity index (χ0v) is 15.0. The smallest absolute Gasteiger partial charge is 0.475 e. The van der Waals surface area contributed by atoms with Crippen molar-refractivity contribution in [3.63, 3.8) is 0 Å². The first-order chi connectivity index (χ1) is 13.7. The van der Waals surface area contributed by atoms with Crippen LogP contribution in [0.4, 0.5) is 35.0 Å². The molecule has 0 fully saturated rings. The van der Waals surface area contributed by atoms with E-state index in [0.717, 1.165) is 36.1 Å². The molecule has 2 aromatic carbocycles. The Balaban J connectivity index is 0.000000370. The van der Waals surface area contributed by atoms with Gasteiger partial charge in [-0.3, -0.25) is 4.99 Å². The molecule has 0 spiro atoms. The fraction of sp³-hybridized carbons (Fsp3) is 0.167. The van der Waals surface area contributed by atoms with Gasteiger partial charge in [0.15, 0.2) is 5.96 Å². The Morgan fingerprint density at radius 3 is 1.93 bits per heavy atom. The maximum absolute atomic E-state index is 11.9. The van der Waals surface area contributed by atoms with Gasteiger partial charge in [-0.05, 0) is 36.4 Å². The zero-order valence-electron chi connectivity index (χ0n) is 15.0. The molecule has 29 heavy (non-hydrogen) atoms. The molecule has 2 amide bonds. The van der Waals surface area contributed by atoms with Crippen molar-refractivity contribution >= 4 is 35.0 Å². The first-order valence-electron chi connectivity index (χ1n) is 8.32. The van der Waals surface area contributed by atoms with Crippen LogP contribution in [0.5, 0.6) is 0 Å². The third kappa shape index (κ3) is 7.79. The number of nitrogens with one attached hydrogen (secondary N) is 4. The molecule has 0 saturated heterocycles. The molecule has 0 radical (unpaired) electrons. The highest BCUT2D eigenvalue weighted by atomic mass is 19.4. The van der Waals surface area contributed by atoms with Crippen molar-refractivity contribution in [2.45, 2.75) is 6.18 Å². The molecule has 0 saturated carbocycles. The van der Waals surface area contributed by atoms with E-state index in [0.29, 0.717) is 0 Å². The summed E-state index contributed by atoms with van der Waals surface area (Å²) in [6.07, 6.45) is -5.08. The van der Waals surface area contributed by atoms with Gasteiger partial charge in [-0.25, -0.2) is 9.59 Å². The lowest BCUT2D eigenvalue weighted by atomic mass is 10.3. The number of carbonyl (C=O) groups excluding carboxylic acids is 1. The van der Waals surface area contributed by atoms with Gasteiger partial charge < -0.3 is 26.4 Å². The summed E-state index contributed by atoms with van der Waals surface area (Å²) in [7, 11) is 0. The van der Waals surface area contributed by atoms with Gasteiger partial charge in [0.1, 0.15) is 0 Å². The predicted octanol–water partition coefficient (Wildman–Crippen LogP) is 3.34. The Bertz CT molecular complexity index is 855. The topological polar surface area (TPSA) is 115 Å². The Labute approximate surface area is 163 Å². The standard InChI is InChI=1S/C16H17N5O.C2HF3O2/c22-16(20-12-4-2-1-3-5-12)21-14-8-6-13(7-9-14)19-15-17-10-11-18-15;3-2(4,5)1(6)7/h1-9H,10-11H2,(H2,17,18,19)(H2,20,21,22);(H,6,7). The van der Waals surface area contributed by atoms with Crippen LogP contribution in [0.25, 0.3) is 0 Å². The summed E-state index contributed by atoms with van der Waals surface area (Å²) in [4.78, 5) is 25.0. The second-order valence-corrected chi connectivity index (χ2v) is 5.61. The van der Waals surface area contributed by atoms with Crippen molar-refractivity contribution in [2.24, 2.45) is 4.99 Å². The van der Waals surface area contributed by atoms with Gasteiger partial charge in [-0.15, -0.1) is 0 Å². The fourth-order valence-corrected chi connectivity index (χ4v) is 2.07. The number of urea groups is 1. The fourth-order valence-electron chi connectivity index (χ4n) is 2.07. The number of nitrogens with zero attached hydrogens (tertiary/aromatic N) is 1. The number of benzene rings is 2. The number of carboxylic acid groups (broad SMARTS) is 1. The summed E-state index contributed by atoms with van der Waals surface area (Å²) in [5.74, 6) is -1.98. The van der Waals surface area contributed by atoms with Crippen LogP contribution in [0.1, 0.15) is 0 Å². The van der Waals surface area contributed by atoms with Crippen molar-refractivity contribution in [1.29, 1.82) is 0 Å². The average molecular weight is 409 g/mol. The molecule has 3 rings (SSSR count). The Morgan fingerprint density at radius 1 is 0.931 bits per heavy atom. The molecule has 1 aliphatic heterocycles. The Hall–Kier alpha value is -3.76. The van der Waals surface area contributed by atoms with E-state index in [1.807, 2.05) is 54.6 Å². The normalized spacial score (nSPS) is 12.6. The van der Waals surface area contributed by atoms with E-state index in [9.17, 15) is 18.0 Å². The van der Waals surface area contributed by atoms with E-state index in [2.05, 4.69) is 26.3 Å². The number of amides is 2. The third-order valence-corrected chi connectivity index (χ3v) is 3.35. The number of hydrogen-bond donors (Lipinski definition) is 5. The summed E-state index contributed by atoms with van der Waals surface area (Å²) in [6.45, 7) is 1.66. The van der Waals surface area contributed by atoms with Crippen LogP contribution < -0.4 is 21.3 Å². The second-order valence-electron chi connectivity index (χ2n) is 5.61. The van der Waals surface area contributed by atoms with Crippen LogP contribution in [-0.4, -0.2) is 42.3 Å². The number of guanidine groups is 1. The minimum Gasteiger partial charge on any atom is -0.475 e. The van der Waals surface area contributed by atoms with Gasteiger partial charge in [0.05, 0.1) is 6.54 Å². The number of para-hydroxylation sites is 1. The molecule has 8 nitrogen and oxygen atoms in total. The van der Waals surface area contributed by atoms with E-state index in [1.54, 1.807) is 0 Å². The summed E-state index contributed by atoms with van der Waals surface area (Å²) < 4.78 is 31.7. The van der Waals surface area contributed by atoms with Crippen LogP contribution >= 0.6 is 0 Å². The maximum Gasteiger partial charge on any atom is 0.490 e. The van der Waals surface area contributed by atoms with Crippen molar-refractivity contribution in [2.75, 3.05) is 29.0 Å². The minimum absolute atomic E-state index is 0.270. The first-order valence-corrected chi connectivity index (χ1v) is 8.32. The van der Waals surface area contributed by atoms with Gasteiger partial charge in [-0.1, -0.05) is 18.2 Å². The quantitative estimate of drug-likeness (QED) is 0.534. The highest BCUT2D eigenvalue weighted by molar-refractivity contribution is 6.00. The predicted molar refractivity (Wildman–Crippen MR) is 103 cm³/mol. The summed E-state index contributed by atoms with van der Waals surface area (Å²) in [6, 6.07) is 16.5. The van der Waals surface area contributed by atoms with Gasteiger partial charge >= 0.3 is 18.2 Å². The van der Waals surface area contributed by atoms with Crippen LogP contribution in [0, 0.1) is 0 Å². The molecule has 0 aromatic heterocycles. The molecule has 0 atom stereocenters. The minimum atomic E-state index is -5.08. The largest absolute Gasteiger partial charge is 0.490 e. The maximum atomic E-state index is 11.9. The van der Waals surface area contributed by atoms with Crippen molar-refractivity contribution in [1.82, 2.24) is 5.32 Å². The monoisotopic (exact) mass is 409 g/mol. The molecular weight excluding hydrogens is 391 g/mol. The van der Waals surface area contributed by atoms with E-state index in [1.165, 1.54) is 0 Å². The Kier molecular flexibility index (Phi) is 7.40. The van der Waals surface area contributed by atoms with E-state index in [-0.39, 0.29) is 6.03 Å². The zero-order chi connectivity index (χ0) is 21.3. The molecular formula is C18H18F3N5O3. The lowest BCUT2D eigenvalue weighted by molar-refractivity contribution is -0.192. The van der Waals surface area contributed by atoms with Crippen LogP contribution in [0.15, 0.2) is 59.6 Å². The molecule has 0 bridgehead atoms. The molecule has 11 heteroatoms. The van der Waals surface area contributed by atoms with Crippen molar-refractivity contribution in [3.8, 4) is 0 Å². The number of rotatable bonds is 3. The van der Waals surface area contributed by atoms with Crippen molar-refractivity contribution in [3.05, 3.63) is 54.6 Å². The molecule has 0 aliphatic carbocycles. The number of halogens is 3. The molecule has 0 unspecified atom stereocenters. The number of carbonyl (C=O) groups is 2. The highest BCUT2D eigenvalue weighted by Gasteiger charge is 2.38. The molecule has 1 heterocycles. The lowest BCUT2D eigenvalue weighted by Gasteiger charge is -2.09. The van der Waals surface area contributed by atoms with Crippen LogP contribution in [0.2, 0.25) is 0 Å². The number of aliphatic carboxylic acids is 1. The summed E-state index contributed by atoms with van der Waals surface area (Å²) >= 11 is 0. The second kappa shape index (κ2) is 9.97. The lowest BCUT2D eigenvalue weighted by Crippen LogP contribution is -2.26. The van der Waals surface area contributed by atoms with Crippen LogP contribution in [-0.2, 0) is 4.79 Å². The highest BCUT2D eigenvalue weighted by Crippen LogP contribution is 2.15. The van der Waals surface area contributed by atoms with Crippen molar-refractivity contribution < 1.29 is 27.9 Å². The SMILES string of the molecule is O=C(Nc1ccccc1)Nc1ccc(NC2=NCCN2)cc1.O=C(O)C(F)(F)F. The molecule has 1 aliphatic rings. The summed E-state index contributed by atoms with van der Waals surface area (Å²) in [5.41, 5.74) is 2.39. The molecule has 5 N–H and O–H groups in total. The first kappa shape index (κ1) is 21.5. The van der Waals surface area contributed by atoms with E-state index in [4.69, 9.17) is 9.90 Å². The molecule has 154 valence electrons. The summed E-state index contributed by atoms with van der Waals surface area (Å²) in [5, 5.41) is 19.0. The third-order valence-electron chi connectivity index (χ3n) is 3.35. The number of alkyl halides is 3. The van der Waals surface area contributed by atoms with E-state index < -0.39 is 12.1 Å². The van der Waals surface area contributed by atoms with Gasteiger partial charge in [0.2, 0.25) is 0 Å². The number of hydrogen-bond acceptors (Lipinski definition) is 5. The number of aliphatic imine (C=N–C) groups is 1. The van der Waals surface area contributed by atoms with E-state index >= 15 is 0 Å². The average Bonchev–Trinajstić information content (AvgIpc) is 3.17. The Morgan fingerprint density at radius 2 is 1.45 bits per heavy atom. The number of carboxylic acids is 1.